The zero-order valence-corrected chi connectivity index (χ0v) is 16.1. The van der Waals surface area contributed by atoms with Crippen molar-refractivity contribution in [1.82, 2.24) is 0 Å². The predicted octanol–water partition coefficient (Wildman–Crippen LogP) is 2.98. The summed E-state index contributed by atoms with van der Waals surface area (Å²) in [4.78, 5) is 35.6. The third-order valence-electron chi connectivity index (χ3n) is 3.59. The molecule has 28 heavy (non-hydrogen) atoms. The highest BCUT2D eigenvalue weighted by Crippen LogP contribution is 2.14. The van der Waals surface area contributed by atoms with Crippen molar-refractivity contribution in [2.75, 3.05) is 19.0 Å². The normalized spacial score (nSPS) is 10.3. The first kappa shape index (κ1) is 21.0. The average molecular weight is 385 g/mol. The number of ether oxygens (including phenoxy) is 3. The van der Waals surface area contributed by atoms with E-state index in [1.165, 1.54) is 0 Å². The maximum atomic E-state index is 11.9. The van der Waals surface area contributed by atoms with E-state index in [2.05, 4.69) is 5.32 Å². The highest BCUT2D eigenvalue weighted by Gasteiger charge is 2.11. The number of carbonyl (C=O) groups excluding carboxylic acids is 3. The number of anilines is 1. The van der Waals surface area contributed by atoms with Crippen LogP contribution in [0.1, 0.15) is 29.8 Å². The number of hydrogen-bond acceptors (Lipinski definition) is 6. The van der Waals surface area contributed by atoms with Gasteiger partial charge < -0.3 is 19.5 Å². The lowest BCUT2D eigenvalue weighted by Crippen LogP contribution is -2.21. The van der Waals surface area contributed by atoms with Gasteiger partial charge in [0.15, 0.2) is 6.61 Å². The fourth-order valence-electron chi connectivity index (χ4n) is 2.31. The molecule has 1 N–H and O–H groups in total. The Balaban J connectivity index is 1.80. The van der Waals surface area contributed by atoms with Gasteiger partial charge in [-0.2, -0.15) is 0 Å². The zero-order valence-electron chi connectivity index (χ0n) is 16.1. The summed E-state index contributed by atoms with van der Waals surface area (Å²) in [6.45, 7) is 3.13. The Morgan fingerprint density at radius 3 is 2.39 bits per heavy atom. The minimum Gasteiger partial charge on any atom is -0.497 e. The largest absolute Gasteiger partial charge is 0.497 e. The number of amides is 1. The number of rotatable bonds is 8. The van der Waals surface area contributed by atoms with Gasteiger partial charge in [-0.05, 0) is 55.8 Å². The lowest BCUT2D eigenvalue weighted by atomic mass is 10.1. The van der Waals surface area contributed by atoms with E-state index < -0.39 is 24.5 Å². The Morgan fingerprint density at radius 2 is 1.75 bits per heavy atom. The second-order valence-corrected chi connectivity index (χ2v) is 6.27. The van der Waals surface area contributed by atoms with Crippen molar-refractivity contribution in [1.29, 1.82) is 0 Å². The molecule has 0 bridgehead atoms. The molecule has 2 rings (SSSR count). The predicted molar refractivity (Wildman–Crippen MR) is 103 cm³/mol. The molecule has 0 aromatic heterocycles. The third-order valence-corrected chi connectivity index (χ3v) is 3.59. The van der Waals surface area contributed by atoms with Crippen LogP contribution >= 0.6 is 0 Å². The lowest BCUT2D eigenvalue weighted by molar-refractivity contribution is -0.146. The summed E-state index contributed by atoms with van der Waals surface area (Å²) in [5.41, 5.74) is 1.60. The van der Waals surface area contributed by atoms with Crippen molar-refractivity contribution in [3.8, 4) is 5.75 Å². The van der Waals surface area contributed by atoms with Crippen LogP contribution in [0.3, 0.4) is 0 Å². The fourth-order valence-corrected chi connectivity index (χ4v) is 2.31. The molecule has 1 amide bonds. The molecule has 0 spiro atoms. The molecule has 0 aliphatic rings. The van der Waals surface area contributed by atoms with Crippen LogP contribution in [0.4, 0.5) is 5.69 Å². The van der Waals surface area contributed by atoms with Crippen molar-refractivity contribution < 1.29 is 28.6 Å². The summed E-state index contributed by atoms with van der Waals surface area (Å²) in [5, 5.41) is 2.60. The van der Waals surface area contributed by atoms with E-state index >= 15 is 0 Å². The summed E-state index contributed by atoms with van der Waals surface area (Å²) in [6.07, 6.45) is -0.171. The lowest BCUT2D eigenvalue weighted by Gasteiger charge is -2.09. The molecule has 0 fully saturated rings. The number of hydrogen-bond donors (Lipinski definition) is 1. The van der Waals surface area contributed by atoms with Gasteiger partial charge in [0.25, 0.3) is 5.91 Å². The molecule has 0 saturated carbocycles. The molecule has 2 aromatic carbocycles. The van der Waals surface area contributed by atoms with Gasteiger partial charge >= 0.3 is 11.9 Å². The number of methoxy groups -OCH3 is 1. The van der Waals surface area contributed by atoms with Gasteiger partial charge in [0.1, 0.15) is 5.75 Å². The van der Waals surface area contributed by atoms with Crippen molar-refractivity contribution in [3.63, 3.8) is 0 Å². The van der Waals surface area contributed by atoms with Gasteiger partial charge in [-0.15, -0.1) is 0 Å². The van der Waals surface area contributed by atoms with E-state index in [-0.39, 0.29) is 12.5 Å². The monoisotopic (exact) mass is 385 g/mol. The van der Waals surface area contributed by atoms with Crippen molar-refractivity contribution >= 4 is 23.5 Å². The minimum atomic E-state index is -0.518. The number of benzene rings is 2. The highest BCUT2D eigenvalue weighted by molar-refractivity contribution is 5.94. The zero-order chi connectivity index (χ0) is 20.5. The van der Waals surface area contributed by atoms with E-state index in [1.807, 2.05) is 0 Å². The summed E-state index contributed by atoms with van der Waals surface area (Å²) in [7, 11) is 1.54. The highest BCUT2D eigenvalue weighted by atomic mass is 16.5. The molecule has 0 unspecified atom stereocenters. The standard InChI is InChI=1S/C21H23NO6/c1-14(2)28-21(25)16-7-9-17(10-8-16)22-19(23)13-27-20(24)12-15-5-4-6-18(11-15)26-3/h4-11,14H,12-13H2,1-3H3,(H,22,23). The van der Waals surface area contributed by atoms with Gasteiger partial charge in [0.2, 0.25) is 0 Å². The minimum absolute atomic E-state index is 0.0388. The van der Waals surface area contributed by atoms with Gasteiger partial charge in [0, 0.05) is 5.69 Å². The first-order valence-corrected chi connectivity index (χ1v) is 8.77. The van der Waals surface area contributed by atoms with Crippen LogP contribution in [-0.2, 0) is 25.5 Å². The maximum absolute atomic E-state index is 11.9. The summed E-state index contributed by atoms with van der Waals surface area (Å²) in [5.74, 6) is -0.783. The van der Waals surface area contributed by atoms with Crippen LogP contribution in [0.25, 0.3) is 0 Å². The summed E-state index contributed by atoms with van der Waals surface area (Å²) >= 11 is 0. The molecule has 148 valence electrons. The van der Waals surface area contributed by atoms with Crippen molar-refractivity contribution in [2.24, 2.45) is 0 Å². The second-order valence-electron chi connectivity index (χ2n) is 6.27. The first-order chi connectivity index (χ1) is 13.4. The molecule has 2 aromatic rings. The van der Waals surface area contributed by atoms with E-state index in [0.717, 1.165) is 5.56 Å². The quantitative estimate of drug-likeness (QED) is 0.703. The van der Waals surface area contributed by atoms with Crippen molar-refractivity contribution in [2.45, 2.75) is 26.4 Å². The molecule has 7 heteroatoms. The molecule has 0 aliphatic heterocycles. The van der Waals surface area contributed by atoms with Crippen LogP contribution in [0.5, 0.6) is 5.75 Å². The summed E-state index contributed by atoms with van der Waals surface area (Å²) in [6, 6.07) is 13.3. The maximum Gasteiger partial charge on any atom is 0.338 e. The Hall–Kier alpha value is -3.35. The van der Waals surface area contributed by atoms with Crippen LogP contribution in [0.15, 0.2) is 48.5 Å². The van der Waals surface area contributed by atoms with Crippen molar-refractivity contribution in [3.05, 3.63) is 59.7 Å². The molecule has 0 atom stereocenters. The number of esters is 2. The number of nitrogens with one attached hydrogen (secondary N) is 1. The van der Waals surface area contributed by atoms with Crippen LogP contribution < -0.4 is 10.1 Å². The summed E-state index contributed by atoms with van der Waals surface area (Å²) < 4.78 is 15.2. The van der Waals surface area contributed by atoms with Crippen LogP contribution in [0, 0.1) is 0 Å². The fraction of sp³-hybridized carbons (Fsp3) is 0.286. The first-order valence-electron chi connectivity index (χ1n) is 8.77. The van der Waals surface area contributed by atoms with Gasteiger partial charge in [-0.25, -0.2) is 4.79 Å². The molecule has 0 heterocycles. The second kappa shape index (κ2) is 10.1. The molecular formula is C21H23NO6. The Morgan fingerprint density at radius 1 is 1.04 bits per heavy atom. The van der Waals surface area contributed by atoms with Gasteiger partial charge in [-0.3, -0.25) is 9.59 Å². The smallest absolute Gasteiger partial charge is 0.338 e. The molecule has 0 aliphatic carbocycles. The SMILES string of the molecule is COc1cccc(CC(=O)OCC(=O)Nc2ccc(C(=O)OC(C)C)cc2)c1. The van der Waals surface area contributed by atoms with Gasteiger partial charge in [-0.1, -0.05) is 12.1 Å². The van der Waals surface area contributed by atoms with Crippen LogP contribution in [-0.4, -0.2) is 37.7 Å². The Bertz CT molecular complexity index is 829. The van der Waals surface area contributed by atoms with E-state index in [0.29, 0.717) is 17.0 Å². The molecular weight excluding hydrogens is 362 g/mol. The number of carbonyl (C=O) groups is 3. The average Bonchev–Trinajstić information content (AvgIpc) is 2.66. The topological polar surface area (TPSA) is 90.9 Å². The molecule has 0 saturated heterocycles. The Kier molecular flexibility index (Phi) is 7.56. The molecule has 7 nitrogen and oxygen atoms in total. The van der Waals surface area contributed by atoms with E-state index in [9.17, 15) is 14.4 Å². The van der Waals surface area contributed by atoms with Gasteiger partial charge in [0.05, 0.1) is 25.2 Å². The molecule has 0 radical (unpaired) electrons. The van der Waals surface area contributed by atoms with E-state index in [4.69, 9.17) is 14.2 Å². The third kappa shape index (κ3) is 6.75. The van der Waals surface area contributed by atoms with Crippen LogP contribution in [0.2, 0.25) is 0 Å². The van der Waals surface area contributed by atoms with E-state index in [1.54, 1.807) is 69.5 Å². The Labute approximate surface area is 163 Å².